The lowest BCUT2D eigenvalue weighted by atomic mass is 9.81. The molecule has 11 aromatic carbocycles. The Hall–Kier alpha value is -10.5. The van der Waals surface area contributed by atoms with Gasteiger partial charge in [0, 0.05) is 55.8 Å². The van der Waals surface area contributed by atoms with Crippen LogP contribution in [0.5, 0.6) is 0 Å². The summed E-state index contributed by atoms with van der Waals surface area (Å²) in [6, 6.07) is 88.5. The molecule has 0 fully saturated rings. The summed E-state index contributed by atoms with van der Waals surface area (Å²) in [4.78, 5) is 4.70. The molecule has 4 aliphatic carbocycles. The molecule has 0 aliphatic heterocycles. The molecule has 4 heteroatoms. The molecule has 0 atom stereocenters. The number of nitrogens with zero attached hydrogens (tertiary/aromatic N) is 4. The van der Waals surface area contributed by atoms with Gasteiger partial charge in [0.1, 0.15) is 0 Å². The van der Waals surface area contributed by atoms with Gasteiger partial charge in [-0.3, -0.25) is 0 Å². The minimum Gasteiger partial charge on any atom is -0.310 e. The van der Waals surface area contributed by atoms with E-state index in [1.807, 2.05) is 24.3 Å². The van der Waals surface area contributed by atoms with Gasteiger partial charge in [0.2, 0.25) is 0 Å². The van der Waals surface area contributed by atoms with Gasteiger partial charge in [-0.15, -0.1) is 0 Å². The fourth-order valence-electron chi connectivity index (χ4n) is 15.0. The van der Waals surface area contributed by atoms with Crippen LogP contribution in [0.15, 0.2) is 231 Å². The molecule has 0 saturated carbocycles. The SMILES string of the molecule is CC1(C)c2ccccc2-c2ccc(N(c3ccc(C#N)cc3)c3ccc4c(c3)C(C)(C)c3cc(/C=C/c5ccc(/C=C/c6ccc7c(c6)C(C)(C)c6cc(N(c8ccc(C#N)cc8)c8ccc9c(c8)C(C)(C)c8ccccc8-9)ccc6-7)cc5)ccc3-4)cc21. The molecule has 4 nitrogen and oxygen atoms in total. The largest absolute Gasteiger partial charge is 0.310 e. The lowest BCUT2D eigenvalue weighted by Crippen LogP contribution is -2.18. The molecule has 11 aromatic rings. The van der Waals surface area contributed by atoms with Crippen LogP contribution < -0.4 is 9.80 Å². The molecule has 88 heavy (non-hydrogen) atoms. The van der Waals surface area contributed by atoms with Crippen LogP contribution in [0.25, 0.3) is 68.8 Å². The van der Waals surface area contributed by atoms with Crippen LogP contribution in [-0.4, -0.2) is 0 Å². The fourth-order valence-corrected chi connectivity index (χ4v) is 15.0. The third-order valence-electron chi connectivity index (χ3n) is 19.9. The van der Waals surface area contributed by atoms with Gasteiger partial charge in [-0.2, -0.15) is 10.5 Å². The van der Waals surface area contributed by atoms with Crippen molar-refractivity contribution in [2.45, 2.75) is 77.0 Å². The summed E-state index contributed by atoms with van der Waals surface area (Å²) >= 11 is 0. The molecular weight excluding hydrogens is 1060 g/mol. The van der Waals surface area contributed by atoms with Gasteiger partial charge < -0.3 is 9.80 Å². The second-order valence-electron chi connectivity index (χ2n) is 26.4. The Balaban J connectivity index is 0.661. The first-order valence-corrected chi connectivity index (χ1v) is 30.7. The Labute approximate surface area is 517 Å². The summed E-state index contributed by atoms with van der Waals surface area (Å²) in [5.41, 5.74) is 32.4. The molecule has 0 heterocycles. The van der Waals surface area contributed by atoms with Crippen molar-refractivity contribution in [2.75, 3.05) is 9.80 Å². The van der Waals surface area contributed by atoms with Gasteiger partial charge in [0.25, 0.3) is 0 Å². The molecular formula is C84H66N4. The molecule has 0 N–H and O–H groups in total. The minimum absolute atomic E-state index is 0.141. The molecule has 0 saturated heterocycles. The van der Waals surface area contributed by atoms with Gasteiger partial charge in [0.15, 0.2) is 0 Å². The van der Waals surface area contributed by atoms with Crippen molar-refractivity contribution in [3.8, 4) is 56.6 Å². The predicted molar refractivity (Wildman–Crippen MR) is 366 cm³/mol. The molecule has 4 aliphatic rings. The molecule has 0 bridgehead atoms. The van der Waals surface area contributed by atoms with E-state index in [-0.39, 0.29) is 21.7 Å². The third kappa shape index (κ3) is 8.54. The monoisotopic (exact) mass is 1130 g/mol. The average Bonchev–Trinajstić information content (AvgIpc) is 1.95. The molecule has 422 valence electrons. The zero-order chi connectivity index (χ0) is 60.4. The Morgan fingerprint density at radius 1 is 0.250 bits per heavy atom. The quantitative estimate of drug-likeness (QED) is 0.128. The predicted octanol–water partition coefficient (Wildman–Crippen LogP) is 21.9. The van der Waals surface area contributed by atoms with E-state index in [1.165, 1.54) is 100 Å². The van der Waals surface area contributed by atoms with Crippen molar-refractivity contribution in [1.82, 2.24) is 0 Å². The summed E-state index contributed by atoms with van der Waals surface area (Å²) in [5, 5.41) is 19.5. The minimum atomic E-state index is -0.246. The molecule has 0 radical (unpaired) electrons. The van der Waals surface area contributed by atoms with E-state index in [2.05, 4.69) is 308 Å². The lowest BCUT2D eigenvalue weighted by molar-refractivity contribution is 0.659. The number of benzene rings is 11. The summed E-state index contributed by atoms with van der Waals surface area (Å²) in [6.07, 6.45) is 8.91. The maximum absolute atomic E-state index is 9.74. The molecule has 0 spiro atoms. The van der Waals surface area contributed by atoms with Crippen molar-refractivity contribution < 1.29 is 0 Å². The van der Waals surface area contributed by atoms with Crippen molar-refractivity contribution >= 4 is 58.4 Å². The Kier molecular flexibility index (Phi) is 12.3. The van der Waals surface area contributed by atoms with Crippen LogP contribution in [0.4, 0.5) is 34.1 Å². The second kappa shape index (κ2) is 20.0. The van der Waals surface area contributed by atoms with Crippen molar-refractivity contribution in [2.24, 2.45) is 0 Å². The first-order chi connectivity index (χ1) is 42.5. The first kappa shape index (κ1) is 54.2. The van der Waals surface area contributed by atoms with Gasteiger partial charge in [-0.05, 0) is 208 Å². The van der Waals surface area contributed by atoms with Crippen LogP contribution in [-0.2, 0) is 21.7 Å². The number of hydrogen-bond donors (Lipinski definition) is 0. The van der Waals surface area contributed by atoms with Gasteiger partial charge in [-0.25, -0.2) is 0 Å². The highest BCUT2D eigenvalue weighted by molar-refractivity contribution is 5.92. The van der Waals surface area contributed by atoms with Crippen LogP contribution >= 0.6 is 0 Å². The number of rotatable bonds is 10. The lowest BCUT2D eigenvalue weighted by Gasteiger charge is -2.29. The highest BCUT2D eigenvalue weighted by Crippen LogP contribution is 2.56. The zero-order valence-electron chi connectivity index (χ0n) is 51.0. The van der Waals surface area contributed by atoms with Crippen molar-refractivity contribution in [1.29, 1.82) is 10.5 Å². The van der Waals surface area contributed by atoms with Gasteiger partial charge in [-0.1, -0.05) is 213 Å². The average molecular weight is 1130 g/mol. The molecule has 0 aromatic heterocycles. The molecule has 0 unspecified atom stereocenters. The standard InChI is InChI=1S/C84H66N4/c1-81(2)73-15-11-9-13-65(73)69-41-35-61(47-77(69)81)87(59-31-25-57(51-85)26-32-59)63-37-43-71-67-39-29-55(45-75(67)83(5,6)79(71)49-63)23-21-53-17-19-54(20-18-53)22-24-56-30-40-68-72-44-38-64(50-80(72)84(7,8)76(68)46-56)88(60-33-27-58(52-86)28-34-60)62-36-42-70-66-14-10-12-16-74(66)82(3,4)78(70)48-62/h9-50H,1-8H3/b23-21+,24-22+. The first-order valence-electron chi connectivity index (χ1n) is 30.7. The van der Waals surface area contributed by atoms with Crippen LogP contribution in [0.1, 0.15) is 133 Å². The maximum Gasteiger partial charge on any atom is 0.0991 e. The van der Waals surface area contributed by atoms with Gasteiger partial charge >= 0.3 is 0 Å². The molecule has 0 amide bonds. The summed E-state index contributed by atoms with van der Waals surface area (Å²) < 4.78 is 0. The van der Waals surface area contributed by atoms with Crippen LogP contribution in [0.2, 0.25) is 0 Å². The van der Waals surface area contributed by atoms with E-state index < -0.39 is 0 Å². The summed E-state index contributed by atoms with van der Waals surface area (Å²) in [7, 11) is 0. The zero-order valence-corrected chi connectivity index (χ0v) is 51.0. The Morgan fingerprint density at radius 3 is 0.807 bits per heavy atom. The molecule has 15 rings (SSSR count). The van der Waals surface area contributed by atoms with E-state index in [0.717, 1.165) is 45.3 Å². The summed E-state index contributed by atoms with van der Waals surface area (Å²) in [5.74, 6) is 0. The van der Waals surface area contributed by atoms with Crippen LogP contribution in [0.3, 0.4) is 0 Å². The van der Waals surface area contributed by atoms with Crippen molar-refractivity contribution in [3.63, 3.8) is 0 Å². The number of nitriles is 2. The fraction of sp³-hybridized carbons (Fsp3) is 0.143. The van der Waals surface area contributed by atoms with E-state index in [4.69, 9.17) is 0 Å². The normalized spacial score (nSPS) is 15.1. The van der Waals surface area contributed by atoms with E-state index in [0.29, 0.717) is 11.1 Å². The maximum atomic E-state index is 9.74. The third-order valence-corrected chi connectivity index (χ3v) is 19.9. The summed E-state index contributed by atoms with van der Waals surface area (Å²) in [6.45, 7) is 18.7. The topological polar surface area (TPSA) is 54.1 Å². The second-order valence-corrected chi connectivity index (χ2v) is 26.4. The van der Waals surface area contributed by atoms with E-state index in [1.54, 1.807) is 0 Å². The Bertz CT molecular complexity index is 4550. The number of hydrogen-bond acceptors (Lipinski definition) is 4. The Morgan fingerprint density at radius 2 is 0.489 bits per heavy atom. The van der Waals surface area contributed by atoms with E-state index in [9.17, 15) is 10.5 Å². The number of fused-ring (bicyclic) bond motifs is 12. The highest BCUT2D eigenvalue weighted by Gasteiger charge is 2.40. The van der Waals surface area contributed by atoms with Crippen molar-refractivity contribution in [3.05, 3.63) is 308 Å². The van der Waals surface area contributed by atoms with E-state index >= 15 is 0 Å². The number of anilines is 6. The van der Waals surface area contributed by atoms with Gasteiger partial charge in [0.05, 0.1) is 23.3 Å². The smallest absolute Gasteiger partial charge is 0.0991 e. The highest BCUT2D eigenvalue weighted by atomic mass is 15.1. The van der Waals surface area contributed by atoms with Crippen LogP contribution in [0, 0.1) is 22.7 Å².